The molecule has 1 aliphatic heterocycles. The molecule has 0 unspecified atom stereocenters. The van der Waals surface area contributed by atoms with E-state index in [2.05, 4.69) is 19.9 Å². The molecule has 160 valence electrons. The van der Waals surface area contributed by atoms with E-state index >= 15 is 0 Å². The number of nitrogen functional groups attached to an aromatic ring is 1. The number of ether oxygens (including phenoxy) is 3. The summed E-state index contributed by atoms with van der Waals surface area (Å²) in [7, 11) is 1.29. The van der Waals surface area contributed by atoms with E-state index in [0.29, 0.717) is 0 Å². The summed E-state index contributed by atoms with van der Waals surface area (Å²) < 4.78 is 16.0. The Kier molecular flexibility index (Phi) is 6.38. The molecule has 2 aromatic heterocycles. The highest BCUT2D eigenvalue weighted by Crippen LogP contribution is 2.27. The summed E-state index contributed by atoms with van der Waals surface area (Å²) in [4.78, 5) is 26.1. The topological polar surface area (TPSA) is 206 Å². The molecule has 0 bridgehead atoms. The Morgan fingerprint density at radius 2 is 2.07 bits per heavy atom. The van der Waals surface area contributed by atoms with Gasteiger partial charge in [0.15, 0.2) is 17.5 Å². The van der Waals surface area contributed by atoms with Gasteiger partial charge in [0.05, 0.1) is 24.6 Å². The summed E-state index contributed by atoms with van der Waals surface area (Å²) in [6.45, 7) is 0.957. The van der Waals surface area contributed by atoms with Gasteiger partial charge in [0.1, 0.15) is 30.5 Å². The molecule has 29 heavy (non-hydrogen) atoms. The quantitative estimate of drug-likeness (QED) is 0.284. The van der Waals surface area contributed by atoms with Gasteiger partial charge in [-0.3, -0.25) is 9.78 Å². The maximum Gasteiger partial charge on any atom is 0.280 e. The van der Waals surface area contributed by atoms with Crippen LogP contribution in [0.25, 0.3) is 11.2 Å². The third-order valence-corrected chi connectivity index (χ3v) is 4.65. The average Bonchev–Trinajstić information content (AvgIpc) is 2.69. The maximum atomic E-state index is 12.0. The third-order valence-electron chi connectivity index (χ3n) is 4.65. The second kappa shape index (κ2) is 8.62. The predicted molar refractivity (Wildman–Crippen MR) is 96.4 cm³/mol. The van der Waals surface area contributed by atoms with E-state index in [4.69, 9.17) is 19.9 Å². The third kappa shape index (κ3) is 4.20. The standard InChI is InChI=1S/C16H23N5O8/c1-5(28-15-11(25)12(27-2)10(24)7(4-22)29-15)9(23)6-3-18-13-8(19-6)14(26)21-16(17)20-13/h3,5,7,9-12,15,22-25H,4H2,1-2H3,(H3,17,18,20,21,26)/t5-,7+,9-,10+,11+,12-,15-/m0/s1. The molecule has 1 aliphatic rings. The van der Waals surface area contributed by atoms with Crippen LogP contribution in [0.5, 0.6) is 0 Å². The number of H-pyrrole nitrogens is 1. The zero-order valence-corrected chi connectivity index (χ0v) is 15.7. The van der Waals surface area contributed by atoms with Crippen LogP contribution in [0.4, 0.5) is 5.95 Å². The lowest BCUT2D eigenvalue weighted by atomic mass is 9.99. The highest BCUT2D eigenvalue weighted by atomic mass is 16.7. The Morgan fingerprint density at radius 1 is 1.34 bits per heavy atom. The number of hydrogen-bond donors (Lipinski definition) is 6. The second-order valence-electron chi connectivity index (χ2n) is 6.61. The smallest absolute Gasteiger partial charge is 0.280 e. The van der Waals surface area contributed by atoms with Crippen molar-refractivity contribution < 1.29 is 34.6 Å². The lowest BCUT2D eigenvalue weighted by Gasteiger charge is -2.42. The Labute approximate surface area is 164 Å². The molecule has 1 fully saturated rings. The van der Waals surface area contributed by atoms with E-state index in [1.54, 1.807) is 0 Å². The number of methoxy groups -OCH3 is 1. The molecule has 13 heteroatoms. The molecule has 0 aromatic carbocycles. The van der Waals surface area contributed by atoms with Gasteiger partial charge in [0, 0.05) is 7.11 Å². The van der Waals surface area contributed by atoms with Crippen LogP contribution in [0.15, 0.2) is 11.0 Å². The lowest BCUT2D eigenvalue weighted by Crippen LogP contribution is -2.60. The summed E-state index contributed by atoms with van der Waals surface area (Å²) in [6, 6.07) is 0. The first kappa shape index (κ1) is 21.4. The summed E-state index contributed by atoms with van der Waals surface area (Å²) in [5.41, 5.74) is 4.77. The lowest BCUT2D eigenvalue weighted by molar-refractivity contribution is -0.318. The van der Waals surface area contributed by atoms with Crippen molar-refractivity contribution in [2.24, 2.45) is 0 Å². The minimum absolute atomic E-state index is 0.0181. The fourth-order valence-corrected chi connectivity index (χ4v) is 3.06. The van der Waals surface area contributed by atoms with Gasteiger partial charge in [-0.15, -0.1) is 0 Å². The van der Waals surface area contributed by atoms with E-state index in [-0.39, 0.29) is 22.8 Å². The van der Waals surface area contributed by atoms with Crippen molar-refractivity contribution in [1.82, 2.24) is 19.9 Å². The molecule has 1 saturated heterocycles. The molecule has 0 amide bonds. The molecule has 0 radical (unpaired) electrons. The fraction of sp³-hybridized carbons (Fsp3) is 0.625. The molecule has 2 aromatic rings. The molecule has 3 heterocycles. The normalized spacial score (nSPS) is 29.7. The molecule has 7 atom stereocenters. The van der Waals surface area contributed by atoms with Gasteiger partial charge in [-0.1, -0.05) is 0 Å². The predicted octanol–water partition coefficient (Wildman–Crippen LogP) is -2.81. The Bertz CT molecular complexity index is 910. The molecule has 0 saturated carbocycles. The van der Waals surface area contributed by atoms with Crippen molar-refractivity contribution in [3.63, 3.8) is 0 Å². The average molecular weight is 413 g/mol. The largest absolute Gasteiger partial charge is 0.394 e. The molecular formula is C16H23N5O8. The zero-order chi connectivity index (χ0) is 21.3. The number of aromatic amines is 1. The van der Waals surface area contributed by atoms with Crippen LogP contribution in [0.2, 0.25) is 0 Å². The Balaban J connectivity index is 1.78. The van der Waals surface area contributed by atoms with Crippen molar-refractivity contribution in [2.75, 3.05) is 19.5 Å². The summed E-state index contributed by atoms with van der Waals surface area (Å²) in [6.07, 6.45) is -7.17. The number of nitrogens with one attached hydrogen (secondary N) is 1. The first-order valence-electron chi connectivity index (χ1n) is 8.78. The van der Waals surface area contributed by atoms with Crippen LogP contribution < -0.4 is 11.3 Å². The summed E-state index contributed by atoms with van der Waals surface area (Å²) in [5.74, 6) is -0.112. The van der Waals surface area contributed by atoms with Crippen LogP contribution in [0, 0.1) is 0 Å². The van der Waals surface area contributed by atoms with Gasteiger partial charge >= 0.3 is 0 Å². The molecule has 13 nitrogen and oxygen atoms in total. The minimum Gasteiger partial charge on any atom is -0.394 e. The van der Waals surface area contributed by atoms with E-state index in [1.165, 1.54) is 20.2 Å². The van der Waals surface area contributed by atoms with Crippen LogP contribution >= 0.6 is 0 Å². The summed E-state index contributed by atoms with van der Waals surface area (Å²) >= 11 is 0. The van der Waals surface area contributed by atoms with Gasteiger partial charge in [-0.2, -0.15) is 4.98 Å². The van der Waals surface area contributed by atoms with Crippen molar-refractivity contribution in [3.8, 4) is 0 Å². The van der Waals surface area contributed by atoms with E-state index in [1.807, 2.05) is 0 Å². The monoisotopic (exact) mass is 413 g/mol. The molecule has 0 aliphatic carbocycles. The summed E-state index contributed by atoms with van der Waals surface area (Å²) in [5, 5.41) is 40.3. The number of aliphatic hydroxyl groups excluding tert-OH is 4. The second-order valence-corrected chi connectivity index (χ2v) is 6.61. The zero-order valence-electron chi connectivity index (χ0n) is 15.7. The molecule has 0 spiro atoms. The van der Waals surface area contributed by atoms with Crippen LogP contribution in [0.1, 0.15) is 18.7 Å². The SMILES string of the molecule is CO[C@@H]1[C@@H](O)[C@@H](O[C@@H](C)[C@H](O)c2cnc3nc(N)[nH]c(=O)c3n2)O[C@H](CO)[C@H]1O. The van der Waals surface area contributed by atoms with Crippen molar-refractivity contribution >= 4 is 17.1 Å². The number of nitrogens with two attached hydrogens (primary N) is 1. The first-order chi connectivity index (χ1) is 13.8. The van der Waals surface area contributed by atoms with Gasteiger partial charge < -0.3 is 40.4 Å². The van der Waals surface area contributed by atoms with E-state index < -0.39 is 55.1 Å². The fourth-order valence-electron chi connectivity index (χ4n) is 3.06. The van der Waals surface area contributed by atoms with E-state index in [9.17, 15) is 25.2 Å². The number of anilines is 1. The number of fused-ring (bicyclic) bond motifs is 1. The molecule has 3 rings (SSSR count). The van der Waals surface area contributed by atoms with Gasteiger partial charge in [-0.05, 0) is 6.92 Å². The maximum absolute atomic E-state index is 12.0. The molecular weight excluding hydrogens is 390 g/mol. The number of hydrogen-bond acceptors (Lipinski definition) is 12. The highest BCUT2D eigenvalue weighted by Gasteiger charge is 2.46. The van der Waals surface area contributed by atoms with Crippen LogP contribution in [0.3, 0.4) is 0 Å². The van der Waals surface area contributed by atoms with Crippen LogP contribution in [-0.4, -0.2) is 90.9 Å². The minimum atomic E-state index is -1.38. The Hall–Kier alpha value is -2.26. The van der Waals surface area contributed by atoms with Gasteiger partial charge in [0.25, 0.3) is 5.56 Å². The van der Waals surface area contributed by atoms with E-state index in [0.717, 1.165) is 0 Å². The number of aromatic nitrogens is 4. The number of nitrogens with zero attached hydrogens (tertiary/aromatic N) is 3. The van der Waals surface area contributed by atoms with Crippen molar-refractivity contribution in [1.29, 1.82) is 0 Å². The number of aliphatic hydroxyl groups is 4. The first-order valence-corrected chi connectivity index (χ1v) is 8.78. The van der Waals surface area contributed by atoms with Crippen molar-refractivity contribution in [2.45, 2.75) is 49.8 Å². The highest BCUT2D eigenvalue weighted by molar-refractivity contribution is 5.69. The molecule has 7 N–H and O–H groups in total. The van der Waals surface area contributed by atoms with Gasteiger partial charge in [0.2, 0.25) is 5.95 Å². The number of rotatable bonds is 6. The Morgan fingerprint density at radius 3 is 2.72 bits per heavy atom. The van der Waals surface area contributed by atoms with Crippen molar-refractivity contribution in [3.05, 3.63) is 22.2 Å². The van der Waals surface area contributed by atoms with Gasteiger partial charge in [-0.25, -0.2) is 9.97 Å². The van der Waals surface area contributed by atoms with Crippen LogP contribution in [-0.2, 0) is 14.2 Å².